The van der Waals surface area contributed by atoms with Crippen molar-refractivity contribution in [3.05, 3.63) is 28.2 Å². The van der Waals surface area contributed by atoms with Gasteiger partial charge in [0.05, 0.1) is 17.7 Å². The Hall–Kier alpha value is -1.76. The third-order valence-corrected chi connectivity index (χ3v) is 3.21. The maximum absolute atomic E-state index is 11.5. The number of rotatable bonds is 6. The maximum Gasteiger partial charge on any atom is 0.408 e. The van der Waals surface area contributed by atoms with Gasteiger partial charge in [-0.25, -0.2) is 9.59 Å². The summed E-state index contributed by atoms with van der Waals surface area (Å²) in [5, 5.41) is 11.5. The van der Waals surface area contributed by atoms with Crippen LogP contribution in [0, 0.1) is 0 Å². The average molecular weight is 360 g/mol. The number of ether oxygens (including phenoxy) is 2. The number of carbonyl (C=O) groups excluding carboxylic acids is 1. The lowest BCUT2D eigenvalue weighted by atomic mass is 10.1. The first-order valence-electron chi connectivity index (χ1n) is 6.35. The van der Waals surface area contributed by atoms with Crippen molar-refractivity contribution in [1.29, 1.82) is 0 Å². The summed E-state index contributed by atoms with van der Waals surface area (Å²) in [6.45, 7) is 3.38. The molecule has 0 saturated heterocycles. The van der Waals surface area contributed by atoms with Crippen LogP contribution in [0.25, 0.3) is 0 Å². The molecule has 0 spiro atoms. The number of nitrogens with one attached hydrogen (secondary N) is 1. The van der Waals surface area contributed by atoms with Crippen LogP contribution in [0.1, 0.15) is 19.4 Å². The number of carboxylic acid groups (broad SMARTS) is 1. The van der Waals surface area contributed by atoms with E-state index < -0.39 is 18.1 Å². The number of carboxylic acids is 1. The zero-order valence-corrected chi connectivity index (χ0v) is 13.6. The van der Waals surface area contributed by atoms with Gasteiger partial charge in [0.1, 0.15) is 11.8 Å². The molecular weight excluding hydrogens is 342 g/mol. The summed E-state index contributed by atoms with van der Waals surface area (Å²) in [5.41, 5.74) is 0.750. The van der Waals surface area contributed by atoms with Crippen LogP contribution in [-0.2, 0) is 16.0 Å². The van der Waals surface area contributed by atoms with Crippen molar-refractivity contribution < 1.29 is 24.2 Å². The average Bonchev–Trinajstić information content (AvgIpc) is 2.37. The number of hydrogen-bond acceptors (Lipinski definition) is 4. The number of hydrogen-bond donors (Lipinski definition) is 2. The molecule has 1 aromatic rings. The number of benzene rings is 1. The summed E-state index contributed by atoms with van der Waals surface area (Å²) < 4.78 is 10.7. The van der Waals surface area contributed by atoms with E-state index in [1.165, 1.54) is 0 Å². The quantitative estimate of drug-likeness (QED) is 0.815. The van der Waals surface area contributed by atoms with Gasteiger partial charge in [0.2, 0.25) is 0 Å². The lowest BCUT2D eigenvalue weighted by Crippen LogP contribution is -2.43. The Morgan fingerprint density at radius 1 is 1.38 bits per heavy atom. The third kappa shape index (κ3) is 5.63. The molecule has 0 aliphatic heterocycles. The largest absolute Gasteiger partial charge is 0.496 e. The van der Waals surface area contributed by atoms with Gasteiger partial charge in [-0.05, 0) is 47.5 Å². The number of amides is 1. The number of carbonyl (C=O) groups is 2. The van der Waals surface area contributed by atoms with E-state index >= 15 is 0 Å². The van der Waals surface area contributed by atoms with E-state index in [0.717, 1.165) is 10.0 Å². The second-order valence-corrected chi connectivity index (χ2v) is 5.52. The number of halogens is 1. The molecule has 0 aliphatic rings. The fourth-order valence-corrected chi connectivity index (χ4v) is 2.25. The highest BCUT2D eigenvalue weighted by Crippen LogP contribution is 2.26. The Morgan fingerprint density at radius 3 is 2.52 bits per heavy atom. The summed E-state index contributed by atoms with van der Waals surface area (Å²) >= 11 is 3.33. The van der Waals surface area contributed by atoms with E-state index in [4.69, 9.17) is 9.47 Å². The van der Waals surface area contributed by atoms with Crippen molar-refractivity contribution in [1.82, 2.24) is 5.32 Å². The Kier molecular flexibility index (Phi) is 6.48. The first kappa shape index (κ1) is 17.3. The Bertz CT molecular complexity index is 518. The van der Waals surface area contributed by atoms with Gasteiger partial charge in [0.25, 0.3) is 0 Å². The lowest BCUT2D eigenvalue weighted by molar-refractivity contribution is -0.139. The van der Waals surface area contributed by atoms with E-state index in [0.29, 0.717) is 5.75 Å². The summed E-state index contributed by atoms with van der Waals surface area (Å²) in [5.74, 6) is -0.472. The standard InChI is InChI=1S/C14H18BrNO5/c1-8(2)21-14(19)16-11(13(17)18)7-9-4-5-12(20-3)10(15)6-9/h4-6,8,11H,7H2,1-3H3,(H,16,19)(H,17,18). The summed E-state index contributed by atoms with van der Waals surface area (Å²) in [7, 11) is 1.54. The monoisotopic (exact) mass is 359 g/mol. The molecule has 116 valence electrons. The van der Waals surface area contributed by atoms with Crippen molar-refractivity contribution in [2.75, 3.05) is 7.11 Å². The zero-order chi connectivity index (χ0) is 16.0. The van der Waals surface area contributed by atoms with Gasteiger partial charge in [0.15, 0.2) is 0 Å². The number of alkyl carbamates (subject to hydrolysis) is 1. The van der Waals surface area contributed by atoms with Gasteiger partial charge in [-0.2, -0.15) is 0 Å². The molecule has 1 atom stereocenters. The van der Waals surface area contributed by atoms with Crippen molar-refractivity contribution in [2.24, 2.45) is 0 Å². The Labute approximate surface area is 131 Å². The minimum absolute atomic E-state index is 0.144. The van der Waals surface area contributed by atoms with Crippen LogP contribution in [0.4, 0.5) is 4.79 Å². The van der Waals surface area contributed by atoms with Crippen LogP contribution >= 0.6 is 15.9 Å². The van der Waals surface area contributed by atoms with Crippen molar-refractivity contribution in [2.45, 2.75) is 32.4 Å². The molecule has 0 aromatic heterocycles. The van der Waals surface area contributed by atoms with Gasteiger partial charge in [-0.1, -0.05) is 6.07 Å². The van der Waals surface area contributed by atoms with Crippen molar-refractivity contribution >= 4 is 28.0 Å². The summed E-state index contributed by atoms with van der Waals surface area (Å²) in [4.78, 5) is 22.7. The van der Waals surface area contributed by atoms with E-state index in [1.54, 1.807) is 39.2 Å². The van der Waals surface area contributed by atoms with Crippen LogP contribution in [0.2, 0.25) is 0 Å². The SMILES string of the molecule is COc1ccc(CC(NC(=O)OC(C)C)C(=O)O)cc1Br. The molecule has 1 rings (SSSR count). The molecule has 0 aliphatic carbocycles. The van der Waals surface area contributed by atoms with Crippen LogP contribution in [-0.4, -0.2) is 36.4 Å². The summed E-state index contributed by atoms with van der Waals surface area (Å²) in [6, 6.07) is 4.17. The molecule has 21 heavy (non-hydrogen) atoms. The normalized spacial score (nSPS) is 11.9. The van der Waals surface area contributed by atoms with Crippen LogP contribution in [0.3, 0.4) is 0 Å². The lowest BCUT2D eigenvalue weighted by Gasteiger charge is -2.16. The van der Waals surface area contributed by atoms with Gasteiger partial charge >= 0.3 is 12.1 Å². The smallest absolute Gasteiger partial charge is 0.408 e. The molecule has 0 bridgehead atoms. The minimum Gasteiger partial charge on any atom is -0.496 e. The predicted molar refractivity (Wildman–Crippen MR) is 80.6 cm³/mol. The molecule has 1 unspecified atom stereocenters. The predicted octanol–water partition coefficient (Wildman–Crippen LogP) is 2.59. The van der Waals surface area contributed by atoms with E-state index in [1.807, 2.05) is 0 Å². The first-order chi connectivity index (χ1) is 9.83. The Morgan fingerprint density at radius 2 is 2.05 bits per heavy atom. The Balaban J connectivity index is 2.77. The number of methoxy groups -OCH3 is 1. The fourth-order valence-electron chi connectivity index (χ4n) is 1.66. The van der Waals surface area contributed by atoms with E-state index in [9.17, 15) is 14.7 Å². The van der Waals surface area contributed by atoms with Crippen molar-refractivity contribution in [3.63, 3.8) is 0 Å². The number of aliphatic carboxylic acids is 1. The molecule has 0 saturated carbocycles. The second kappa shape index (κ2) is 7.87. The molecule has 7 heteroatoms. The van der Waals surface area contributed by atoms with Gasteiger partial charge < -0.3 is 19.9 Å². The van der Waals surface area contributed by atoms with Gasteiger partial charge in [-0.15, -0.1) is 0 Å². The molecular formula is C14H18BrNO5. The highest BCUT2D eigenvalue weighted by Gasteiger charge is 2.22. The van der Waals surface area contributed by atoms with Gasteiger partial charge in [0, 0.05) is 6.42 Å². The first-order valence-corrected chi connectivity index (χ1v) is 7.15. The highest BCUT2D eigenvalue weighted by molar-refractivity contribution is 9.10. The van der Waals surface area contributed by atoms with Crippen molar-refractivity contribution in [3.8, 4) is 5.75 Å². The van der Waals surface area contributed by atoms with Crippen LogP contribution in [0.5, 0.6) is 5.75 Å². The molecule has 6 nitrogen and oxygen atoms in total. The molecule has 0 heterocycles. The summed E-state index contributed by atoms with van der Waals surface area (Å²) in [6.07, 6.45) is -0.912. The van der Waals surface area contributed by atoms with Crippen LogP contribution in [0.15, 0.2) is 22.7 Å². The third-order valence-electron chi connectivity index (χ3n) is 2.59. The minimum atomic E-state index is -1.12. The maximum atomic E-state index is 11.5. The zero-order valence-electron chi connectivity index (χ0n) is 12.1. The molecule has 0 radical (unpaired) electrons. The van der Waals surface area contributed by atoms with Crippen LogP contribution < -0.4 is 10.1 Å². The van der Waals surface area contributed by atoms with E-state index in [2.05, 4.69) is 21.2 Å². The fraction of sp³-hybridized carbons (Fsp3) is 0.429. The molecule has 0 fully saturated rings. The van der Waals surface area contributed by atoms with E-state index in [-0.39, 0.29) is 12.5 Å². The van der Waals surface area contributed by atoms with Gasteiger partial charge in [-0.3, -0.25) is 0 Å². The molecule has 2 N–H and O–H groups in total. The highest BCUT2D eigenvalue weighted by atomic mass is 79.9. The molecule has 1 aromatic carbocycles. The second-order valence-electron chi connectivity index (χ2n) is 4.66. The topological polar surface area (TPSA) is 84.9 Å². The molecule has 1 amide bonds.